The van der Waals surface area contributed by atoms with Gasteiger partial charge < -0.3 is 5.11 Å². The van der Waals surface area contributed by atoms with Crippen molar-refractivity contribution in [1.82, 2.24) is 15.2 Å². The Balaban J connectivity index is 2.03. The number of H-pyrrole nitrogens is 1. The average Bonchev–Trinajstić information content (AvgIpc) is 2.97. The van der Waals surface area contributed by atoms with Crippen LogP contribution in [0.5, 0.6) is 0 Å². The molecule has 92 valence electrons. The molecule has 2 aromatic rings. The summed E-state index contributed by atoms with van der Waals surface area (Å²) in [7, 11) is 0. The zero-order valence-electron chi connectivity index (χ0n) is 8.95. The summed E-state index contributed by atoms with van der Waals surface area (Å²) in [5.41, 5.74) is 0.327. The molecule has 0 spiro atoms. The number of carbonyl (C=O) groups excluding carboxylic acids is 1. The number of nitrogens with zero attached hydrogens (tertiary/aromatic N) is 2. The van der Waals surface area contributed by atoms with Crippen LogP contribution in [0.4, 0.5) is 5.13 Å². The molecule has 0 unspecified atom stereocenters. The number of carboxylic acid groups (broad SMARTS) is 1. The first-order chi connectivity index (χ1) is 8.65. The van der Waals surface area contributed by atoms with Crippen molar-refractivity contribution >= 4 is 34.4 Å². The van der Waals surface area contributed by atoms with Crippen molar-refractivity contribution in [3.05, 3.63) is 35.1 Å². The Morgan fingerprint density at radius 1 is 1.50 bits per heavy atom. The molecule has 7 nitrogen and oxygen atoms in total. The Kier molecular flexibility index (Phi) is 3.49. The standard InChI is InChI=1S/C10H8N4O3S/c15-8(16)2-1-6-5-11-10(18-6)13-9(17)7-3-4-12-14-7/h1-5H,(H,12,14)(H,15,16)(H,11,13,17)/b2-1+. The van der Waals surface area contributed by atoms with E-state index < -0.39 is 5.97 Å². The molecule has 0 fully saturated rings. The van der Waals surface area contributed by atoms with Crippen LogP contribution in [0, 0.1) is 0 Å². The van der Waals surface area contributed by atoms with Crippen molar-refractivity contribution in [3.8, 4) is 0 Å². The lowest BCUT2D eigenvalue weighted by atomic mass is 10.4. The second kappa shape index (κ2) is 5.23. The molecule has 0 saturated heterocycles. The molecule has 0 aliphatic rings. The molecule has 2 heterocycles. The van der Waals surface area contributed by atoms with Crippen LogP contribution in [0.3, 0.4) is 0 Å². The molecule has 0 atom stereocenters. The van der Waals surface area contributed by atoms with Gasteiger partial charge >= 0.3 is 5.97 Å². The van der Waals surface area contributed by atoms with Gasteiger partial charge in [0.05, 0.1) is 0 Å². The van der Waals surface area contributed by atoms with Gasteiger partial charge in [0.25, 0.3) is 5.91 Å². The highest BCUT2D eigenvalue weighted by atomic mass is 32.1. The molecule has 2 aromatic heterocycles. The summed E-state index contributed by atoms with van der Waals surface area (Å²) < 4.78 is 0. The minimum Gasteiger partial charge on any atom is -0.478 e. The minimum atomic E-state index is -1.04. The van der Waals surface area contributed by atoms with Crippen molar-refractivity contribution in [3.63, 3.8) is 0 Å². The fourth-order valence-corrected chi connectivity index (χ4v) is 1.84. The third-order valence-electron chi connectivity index (χ3n) is 1.88. The molecule has 0 bridgehead atoms. The van der Waals surface area contributed by atoms with Gasteiger partial charge in [-0.3, -0.25) is 15.2 Å². The number of aromatic nitrogens is 3. The topological polar surface area (TPSA) is 108 Å². The van der Waals surface area contributed by atoms with Gasteiger partial charge in [-0.05, 0) is 12.1 Å². The van der Waals surface area contributed by atoms with Crippen molar-refractivity contribution < 1.29 is 14.7 Å². The van der Waals surface area contributed by atoms with Crippen molar-refractivity contribution in [1.29, 1.82) is 0 Å². The molecule has 0 aliphatic heterocycles. The number of amides is 1. The number of nitrogens with one attached hydrogen (secondary N) is 2. The SMILES string of the molecule is O=C(O)/C=C/c1cnc(NC(=O)c2ccn[nH]2)s1. The second-order valence-corrected chi connectivity index (χ2v) is 4.23. The molecule has 3 N–H and O–H groups in total. The van der Waals surface area contributed by atoms with Crippen LogP contribution in [0.25, 0.3) is 6.08 Å². The van der Waals surface area contributed by atoms with Gasteiger partial charge in [0, 0.05) is 23.3 Å². The number of carboxylic acids is 1. The lowest BCUT2D eigenvalue weighted by Gasteiger charge is -1.96. The Labute approximate surface area is 105 Å². The van der Waals surface area contributed by atoms with Crippen molar-refractivity contribution in [2.24, 2.45) is 0 Å². The fourth-order valence-electron chi connectivity index (χ4n) is 1.12. The first-order valence-corrected chi connectivity index (χ1v) is 5.64. The highest BCUT2D eigenvalue weighted by Crippen LogP contribution is 2.19. The van der Waals surface area contributed by atoms with Gasteiger partial charge in [0.15, 0.2) is 5.13 Å². The maximum Gasteiger partial charge on any atom is 0.328 e. The van der Waals surface area contributed by atoms with E-state index in [1.165, 1.54) is 35.9 Å². The van der Waals surface area contributed by atoms with E-state index in [1.807, 2.05) is 0 Å². The summed E-state index contributed by atoms with van der Waals surface area (Å²) in [4.78, 5) is 26.5. The number of aromatic amines is 1. The summed E-state index contributed by atoms with van der Waals surface area (Å²) in [6.07, 6.45) is 5.37. The zero-order valence-corrected chi connectivity index (χ0v) is 9.77. The normalized spacial score (nSPS) is 10.7. The van der Waals surface area contributed by atoms with E-state index in [2.05, 4.69) is 20.5 Å². The van der Waals surface area contributed by atoms with Gasteiger partial charge in [-0.2, -0.15) is 5.10 Å². The van der Waals surface area contributed by atoms with E-state index in [-0.39, 0.29) is 5.91 Å². The van der Waals surface area contributed by atoms with Crippen molar-refractivity contribution in [2.75, 3.05) is 5.32 Å². The third kappa shape index (κ3) is 3.01. The van der Waals surface area contributed by atoms with Gasteiger partial charge in [-0.25, -0.2) is 9.78 Å². The molecule has 0 saturated carbocycles. The second-order valence-electron chi connectivity index (χ2n) is 3.16. The predicted octanol–water partition coefficient (Wildman–Crippen LogP) is 1.22. The van der Waals surface area contributed by atoms with E-state index in [0.29, 0.717) is 15.7 Å². The monoisotopic (exact) mass is 264 g/mol. The van der Waals surface area contributed by atoms with Crippen LogP contribution in [-0.4, -0.2) is 32.2 Å². The first kappa shape index (κ1) is 12.0. The Morgan fingerprint density at radius 3 is 3.00 bits per heavy atom. The summed E-state index contributed by atoms with van der Waals surface area (Å²) in [6.45, 7) is 0. The number of hydrogen-bond acceptors (Lipinski definition) is 5. The lowest BCUT2D eigenvalue weighted by Crippen LogP contribution is -2.11. The van der Waals surface area contributed by atoms with Crippen LogP contribution in [-0.2, 0) is 4.79 Å². The largest absolute Gasteiger partial charge is 0.478 e. The molecular formula is C10H8N4O3S. The number of thiazole rings is 1. The fraction of sp³-hybridized carbons (Fsp3) is 0. The maximum absolute atomic E-state index is 11.6. The minimum absolute atomic E-state index is 0.327. The smallest absolute Gasteiger partial charge is 0.328 e. The van der Waals surface area contributed by atoms with Crippen molar-refractivity contribution in [2.45, 2.75) is 0 Å². The van der Waals surface area contributed by atoms with Crippen LogP contribution < -0.4 is 5.32 Å². The van der Waals surface area contributed by atoms with Crippen LogP contribution in [0.2, 0.25) is 0 Å². The quantitative estimate of drug-likeness (QED) is 0.719. The average molecular weight is 264 g/mol. The molecule has 1 amide bonds. The number of hydrogen-bond donors (Lipinski definition) is 3. The highest BCUT2D eigenvalue weighted by Gasteiger charge is 2.09. The summed E-state index contributed by atoms with van der Waals surface area (Å²) in [6, 6.07) is 1.54. The van der Waals surface area contributed by atoms with Gasteiger partial charge in [0.1, 0.15) is 5.69 Å². The summed E-state index contributed by atoms with van der Waals surface area (Å²) in [5, 5.41) is 17.6. The molecule has 8 heteroatoms. The Bertz CT molecular complexity index is 588. The predicted molar refractivity (Wildman–Crippen MR) is 65.3 cm³/mol. The number of anilines is 1. The molecular weight excluding hydrogens is 256 g/mol. The first-order valence-electron chi connectivity index (χ1n) is 4.83. The molecule has 0 radical (unpaired) electrons. The highest BCUT2D eigenvalue weighted by molar-refractivity contribution is 7.16. The van der Waals surface area contributed by atoms with E-state index in [4.69, 9.17) is 5.11 Å². The third-order valence-corrected chi connectivity index (χ3v) is 2.76. The number of rotatable bonds is 4. The Morgan fingerprint density at radius 2 is 2.33 bits per heavy atom. The van der Waals surface area contributed by atoms with E-state index in [1.54, 1.807) is 0 Å². The lowest BCUT2D eigenvalue weighted by molar-refractivity contribution is -0.131. The molecule has 18 heavy (non-hydrogen) atoms. The summed E-state index contributed by atoms with van der Waals surface area (Å²) >= 11 is 1.17. The molecule has 0 aliphatic carbocycles. The van der Waals surface area contributed by atoms with E-state index in [9.17, 15) is 9.59 Å². The Hall–Kier alpha value is -2.48. The van der Waals surface area contributed by atoms with Gasteiger partial charge in [0.2, 0.25) is 0 Å². The van der Waals surface area contributed by atoms with Gasteiger partial charge in [-0.1, -0.05) is 11.3 Å². The van der Waals surface area contributed by atoms with E-state index >= 15 is 0 Å². The van der Waals surface area contributed by atoms with Crippen LogP contribution >= 0.6 is 11.3 Å². The van der Waals surface area contributed by atoms with Gasteiger partial charge in [-0.15, -0.1) is 0 Å². The molecule has 2 rings (SSSR count). The summed E-state index contributed by atoms with van der Waals surface area (Å²) in [5.74, 6) is -1.39. The zero-order chi connectivity index (χ0) is 13.0. The number of aliphatic carboxylic acids is 1. The number of carbonyl (C=O) groups is 2. The van der Waals surface area contributed by atoms with Crippen LogP contribution in [0.15, 0.2) is 24.5 Å². The van der Waals surface area contributed by atoms with Crippen LogP contribution in [0.1, 0.15) is 15.4 Å². The molecule has 0 aromatic carbocycles. The maximum atomic E-state index is 11.6. The van der Waals surface area contributed by atoms with E-state index in [0.717, 1.165) is 6.08 Å².